The molecule has 1 N–H and O–H groups in total. The van der Waals surface area contributed by atoms with Crippen LogP contribution >= 0.6 is 0 Å². The molecular formula is C23H22N4O2. The predicted octanol–water partition coefficient (Wildman–Crippen LogP) is 5.75. The fraction of sp³-hybridized carbons (Fsp3) is 0.174. The third-order valence-electron chi connectivity index (χ3n) is 4.81. The molecule has 0 saturated carbocycles. The van der Waals surface area contributed by atoms with Crippen LogP contribution in [0, 0.1) is 6.92 Å². The molecule has 2 aromatic heterocycles. The van der Waals surface area contributed by atoms with Gasteiger partial charge in [-0.25, -0.2) is 14.8 Å². The molecule has 6 nitrogen and oxygen atoms in total. The Morgan fingerprint density at radius 3 is 2.83 bits per heavy atom. The number of ether oxygens (including phenoxy) is 1. The van der Waals surface area contributed by atoms with Gasteiger partial charge in [-0.05, 0) is 42.5 Å². The van der Waals surface area contributed by atoms with Crippen LogP contribution in [-0.4, -0.2) is 28.8 Å². The van der Waals surface area contributed by atoms with E-state index in [0.29, 0.717) is 5.69 Å². The van der Waals surface area contributed by atoms with E-state index in [0.717, 1.165) is 45.5 Å². The third-order valence-corrected chi connectivity index (χ3v) is 4.81. The molecule has 0 saturated heterocycles. The zero-order valence-electron chi connectivity index (χ0n) is 16.6. The first-order valence-corrected chi connectivity index (χ1v) is 9.50. The summed E-state index contributed by atoms with van der Waals surface area (Å²) >= 11 is 0. The average Bonchev–Trinajstić information content (AvgIpc) is 3.11. The summed E-state index contributed by atoms with van der Waals surface area (Å²) < 4.78 is 6.70. The first-order valence-electron chi connectivity index (χ1n) is 9.50. The van der Waals surface area contributed by atoms with Crippen molar-refractivity contribution in [1.29, 1.82) is 0 Å². The van der Waals surface area contributed by atoms with Crippen molar-refractivity contribution in [2.24, 2.45) is 4.99 Å². The number of hydrogen-bond acceptors (Lipinski definition) is 4. The van der Waals surface area contributed by atoms with Crippen molar-refractivity contribution in [2.45, 2.75) is 20.3 Å². The molecule has 2 heterocycles. The van der Waals surface area contributed by atoms with E-state index in [4.69, 9.17) is 14.7 Å². The van der Waals surface area contributed by atoms with Crippen molar-refractivity contribution in [2.75, 3.05) is 12.4 Å². The minimum atomic E-state index is -0.506. The molecule has 146 valence electrons. The number of carbonyl (C=O) groups is 1. The Morgan fingerprint density at radius 2 is 2.07 bits per heavy atom. The molecule has 29 heavy (non-hydrogen) atoms. The third kappa shape index (κ3) is 3.45. The molecule has 0 fully saturated rings. The van der Waals surface area contributed by atoms with Crippen molar-refractivity contribution in [1.82, 2.24) is 9.38 Å². The topological polar surface area (TPSA) is 68.0 Å². The Morgan fingerprint density at radius 1 is 1.24 bits per heavy atom. The quantitative estimate of drug-likeness (QED) is 0.454. The maximum absolute atomic E-state index is 11.6. The van der Waals surface area contributed by atoms with Crippen LogP contribution in [0.3, 0.4) is 0 Å². The number of rotatable bonds is 4. The standard InChI is InChI=1S/C23H22N4O2/c1-4-12-24-22-20(18-8-6-5-7-15(18)2)26-21-19-14-17(25-23(28)29-3)10-9-16(19)11-13-27(21)22/h5-14H,4H2,1-3H3,(H,25,28). The summed E-state index contributed by atoms with van der Waals surface area (Å²) in [5.41, 5.74) is 4.47. The summed E-state index contributed by atoms with van der Waals surface area (Å²) in [5.74, 6) is 0.796. The number of imidazole rings is 1. The van der Waals surface area contributed by atoms with Gasteiger partial charge in [0.25, 0.3) is 0 Å². The van der Waals surface area contributed by atoms with Crippen LogP contribution in [0.5, 0.6) is 0 Å². The number of nitrogens with one attached hydrogen (secondary N) is 1. The molecule has 4 aromatic rings. The number of methoxy groups -OCH3 is 1. The fourth-order valence-corrected chi connectivity index (χ4v) is 3.37. The lowest BCUT2D eigenvalue weighted by Gasteiger charge is -2.06. The van der Waals surface area contributed by atoms with Crippen molar-refractivity contribution in [3.05, 3.63) is 60.3 Å². The van der Waals surface area contributed by atoms with Crippen LogP contribution < -0.4 is 5.32 Å². The number of fused-ring (bicyclic) bond motifs is 3. The largest absolute Gasteiger partial charge is 0.453 e. The van der Waals surface area contributed by atoms with Crippen LogP contribution in [0.4, 0.5) is 16.3 Å². The number of aliphatic imine (C=N–C) groups is 1. The van der Waals surface area contributed by atoms with Crippen molar-refractivity contribution < 1.29 is 9.53 Å². The molecule has 2 aromatic carbocycles. The van der Waals surface area contributed by atoms with Gasteiger partial charge in [-0.1, -0.05) is 37.3 Å². The van der Waals surface area contributed by atoms with E-state index in [1.807, 2.05) is 53.2 Å². The minimum absolute atomic E-state index is 0.506. The number of benzene rings is 2. The van der Waals surface area contributed by atoms with E-state index in [9.17, 15) is 4.79 Å². The zero-order chi connectivity index (χ0) is 20.4. The van der Waals surface area contributed by atoms with Gasteiger partial charge in [0.1, 0.15) is 11.3 Å². The average molecular weight is 386 g/mol. The van der Waals surface area contributed by atoms with E-state index in [-0.39, 0.29) is 0 Å². The highest BCUT2D eigenvalue weighted by Crippen LogP contribution is 2.35. The molecule has 4 rings (SSSR count). The van der Waals surface area contributed by atoms with Crippen molar-refractivity contribution in [3.63, 3.8) is 0 Å². The number of pyridine rings is 1. The van der Waals surface area contributed by atoms with Crippen LogP contribution in [0.2, 0.25) is 0 Å². The summed E-state index contributed by atoms with van der Waals surface area (Å²) in [5, 5.41) is 4.67. The monoisotopic (exact) mass is 386 g/mol. The minimum Gasteiger partial charge on any atom is -0.453 e. The number of hydrogen-bond donors (Lipinski definition) is 1. The van der Waals surface area contributed by atoms with Gasteiger partial charge < -0.3 is 4.74 Å². The maximum atomic E-state index is 11.6. The van der Waals surface area contributed by atoms with E-state index >= 15 is 0 Å². The van der Waals surface area contributed by atoms with Gasteiger partial charge in [0.05, 0.1) is 7.11 Å². The number of nitrogens with zero attached hydrogens (tertiary/aromatic N) is 3. The molecule has 0 atom stereocenters. The van der Waals surface area contributed by atoms with Crippen LogP contribution in [0.15, 0.2) is 59.7 Å². The van der Waals surface area contributed by atoms with Gasteiger partial charge >= 0.3 is 6.09 Å². The van der Waals surface area contributed by atoms with Crippen molar-refractivity contribution in [3.8, 4) is 11.3 Å². The maximum Gasteiger partial charge on any atom is 0.411 e. The molecule has 0 spiro atoms. The Bertz CT molecular complexity index is 1240. The lowest BCUT2D eigenvalue weighted by molar-refractivity contribution is 0.187. The fourth-order valence-electron chi connectivity index (χ4n) is 3.37. The lowest BCUT2D eigenvalue weighted by atomic mass is 10.1. The molecule has 0 aliphatic rings. The molecule has 0 aliphatic carbocycles. The Kier molecular flexibility index (Phi) is 4.99. The zero-order valence-corrected chi connectivity index (χ0v) is 16.6. The van der Waals surface area contributed by atoms with Gasteiger partial charge in [0.2, 0.25) is 0 Å². The molecule has 0 aliphatic heterocycles. The second-order valence-electron chi connectivity index (χ2n) is 6.75. The number of anilines is 1. The van der Waals surface area contributed by atoms with Gasteiger partial charge in [0, 0.05) is 29.0 Å². The number of aromatic nitrogens is 2. The molecular weight excluding hydrogens is 364 g/mol. The summed E-state index contributed by atoms with van der Waals surface area (Å²) in [6.45, 7) is 4.13. The summed E-state index contributed by atoms with van der Waals surface area (Å²) in [7, 11) is 1.34. The molecule has 0 bridgehead atoms. The highest BCUT2D eigenvalue weighted by molar-refractivity contribution is 6.00. The SMILES string of the molecule is CCC=Nc1c(-c2ccccc2C)nc2c3cc(NC(=O)OC)ccc3ccn12. The van der Waals surface area contributed by atoms with Gasteiger partial charge in [-0.2, -0.15) is 0 Å². The summed E-state index contributed by atoms with van der Waals surface area (Å²) in [6.07, 6.45) is 4.21. The molecule has 6 heteroatoms. The van der Waals surface area contributed by atoms with Crippen LogP contribution in [-0.2, 0) is 4.74 Å². The molecule has 1 amide bonds. The van der Waals surface area contributed by atoms with Crippen LogP contribution in [0.1, 0.15) is 18.9 Å². The second kappa shape index (κ2) is 7.75. The summed E-state index contributed by atoms with van der Waals surface area (Å²) in [6, 6.07) is 15.9. The highest BCUT2D eigenvalue weighted by atomic mass is 16.5. The first-order chi connectivity index (χ1) is 14.1. The highest BCUT2D eigenvalue weighted by Gasteiger charge is 2.17. The van der Waals surface area contributed by atoms with Gasteiger partial charge in [-0.3, -0.25) is 9.72 Å². The van der Waals surface area contributed by atoms with Crippen molar-refractivity contribution >= 4 is 40.2 Å². The number of aryl methyl sites for hydroxylation is 1. The summed E-state index contributed by atoms with van der Waals surface area (Å²) in [4.78, 5) is 21.3. The molecule has 0 unspecified atom stereocenters. The lowest BCUT2D eigenvalue weighted by Crippen LogP contribution is -2.10. The van der Waals surface area contributed by atoms with Crippen LogP contribution in [0.25, 0.3) is 27.7 Å². The first kappa shape index (κ1) is 18.7. The normalized spacial score (nSPS) is 11.4. The Balaban J connectivity index is 1.99. The predicted molar refractivity (Wildman–Crippen MR) is 117 cm³/mol. The van der Waals surface area contributed by atoms with E-state index in [1.165, 1.54) is 7.11 Å². The van der Waals surface area contributed by atoms with E-state index in [1.54, 1.807) is 0 Å². The van der Waals surface area contributed by atoms with Gasteiger partial charge in [-0.15, -0.1) is 0 Å². The van der Waals surface area contributed by atoms with E-state index < -0.39 is 6.09 Å². The van der Waals surface area contributed by atoms with Gasteiger partial charge in [0.15, 0.2) is 5.82 Å². The second-order valence-corrected chi connectivity index (χ2v) is 6.75. The number of carbonyl (C=O) groups excluding carboxylic acids is 1. The Hall–Kier alpha value is -3.67. The smallest absolute Gasteiger partial charge is 0.411 e. The Labute approximate surface area is 168 Å². The molecule has 0 radical (unpaired) electrons. The number of amides is 1. The van der Waals surface area contributed by atoms with E-state index in [2.05, 4.69) is 31.3 Å².